The van der Waals surface area contributed by atoms with E-state index in [0.29, 0.717) is 28.4 Å². The molecule has 5 rings (SSSR count). The highest BCUT2D eigenvalue weighted by molar-refractivity contribution is 6.04. The number of carbonyl (C=O) groups is 2. The fraction of sp³-hybridized carbons (Fsp3) is 0.0833. The summed E-state index contributed by atoms with van der Waals surface area (Å²) in [5.74, 6) is 0.180. The van der Waals surface area contributed by atoms with E-state index in [2.05, 4.69) is 25.5 Å². The molecule has 0 aliphatic heterocycles. The second-order valence-corrected chi connectivity index (χ2v) is 7.53. The quantitative estimate of drug-likeness (QED) is 0.420. The first-order chi connectivity index (χ1) is 16.0. The molecular weight excluding hydrogens is 418 g/mol. The number of aryl methyl sites for hydroxylation is 1. The van der Waals surface area contributed by atoms with Gasteiger partial charge >= 0.3 is 0 Å². The second-order valence-electron chi connectivity index (χ2n) is 7.53. The second kappa shape index (κ2) is 8.12. The van der Waals surface area contributed by atoms with Gasteiger partial charge in [0.25, 0.3) is 5.91 Å². The topological polar surface area (TPSA) is 107 Å². The van der Waals surface area contributed by atoms with Crippen molar-refractivity contribution in [3.63, 3.8) is 0 Å². The van der Waals surface area contributed by atoms with Crippen LogP contribution in [0, 0.1) is 6.92 Å². The van der Waals surface area contributed by atoms with Crippen LogP contribution in [0.3, 0.4) is 0 Å². The van der Waals surface area contributed by atoms with Crippen LogP contribution in [0.2, 0.25) is 0 Å². The molecule has 0 atom stereocenters. The summed E-state index contributed by atoms with van der Waals surface area (Å²) in [6, 6.07) is 17.8. The van der Waals surface area contributed by atoms with Gasteiger partial charge in [0.2, 0.25) is 0 Å². The van der Waals surface area contributed by atoms with Gasteiger partial charge in [-0.2, -0.15) is 10.2 Å². The van der Waals surface area contributed by atoms with E-state index in [4.69, 9.17) is 0 Å². The molecule has 1 amide bonds. The summed E-state index contributed by atoms with van der Waals surface area (Å²) in [6.07, 6.45) is 3.31. The van der Waals surface area contributed by atoms with Crippen LogP contribution in [-0.4, -0.2) is 41.1 Å². The Morgan fingerprint density at radius 1 is 1.00 bits per heavy atom. The third-order valence-electron chi connectivity index (χ3n) is 5.15. The molecule has 0 fully saturated rings. The molecule has 9 nitrogen and oxygen atoms in total. The number of carbonyl (C=O) groups excluding carboxylic acids is 2. The first kappa shape index (κ1) is 20.3. The first-order valence-electron chi connectivity index (χ1n) is 10.2. The lowest BCUT2D eigenvalue weighted by atomic mass is 10.1. The summed E-state index contributed by atoms with van der Waals surface area (Å²) >= 11 is 0. The number of hydrogen-bond acceptors (Lipinski definition) is 6. The normalized spacial score (nSPS) is 11.0. The fourth-order valence-electron chi connectivity index (χ4n) is 3.47. The number of Topliss-reactive ketones (excluding diaryl/α,β-unsaturated/α-hetero) is 1. The molecule has 4 heterocycles. The van der Waals surface area contributed by atoms with Crippen LogP contribution in [0.4, 0.5) is 5.69 Å². The predicted molar refractivity (Wildman–Crippen MR) is 122 cm³/mol. The lowest BCUT2D eigenvalue weighted by molar-refractivity contribution is 0.101. The molecule has 0 saturated heterocycles. The van der Waals surface area contributed by atoms with E-state index in [1.54, 1.807) is 39.5 Å². The van der Waals surface area contributed by atoms with Crippen LogP contribution >= 0.6 is 0 Å². The summed E-state index contributed by atoms with van der Waals surface area (Å²) < 4.78 is 3.30. The van der Waals surface area contributed by atoms with E-state index >= 15 is 0 Å². The summed E-state index contributed by atoms with van der Waals surface area (Å²) in [6.45, 7) is 3.39. The van der Waals surface area contributed by atoms with Crippen molar-refractivity contribution >= 4 is 23.0 Å². The summed E-state index contributed by atoms with van der Waals surface area (Å²) in [5, 5.41) is 11.6. The van der Waals surface area contributed by atoms with Gasteiger partial charge in [0.05, 0.1) is 5.69 Å². The zero-order valence-electron chi connectivity index (χ0n) is 17.9. The Hall–Kier alpha value is -4.66. The average molecular weight is 437 g/mol. The molecular formula is C24H19N7O2. The van der Waals surface area contributed by atoms with Crippen LogP contribution in [0.15, 0.2) is 73.2 Å². The van der Waals surface area contributed by atoms with E-state index < -0.39 is 0 Å². The summed E-state index contributed by atoms with van der Waals surface area (Å²) in [7, 11) is 0. The Bertz CT molecular complexity index is 1500. The molecule has 162 valence electrons. The van der Waals surface area contributed by atoms with Gasteiger partial charge in [-0.15, -0.1) is 0 Å². The maximum absolute atomic E-state index is 13.0. The van der Waals surface area contributed by atoms with Gasteiger partial charge in [0.1, 0.15) is 6.33 Å². The highest BCUT2D eigenvalue weighted by atomic mass is 16.2. The molecule has 1 aromatic carbocycles. The van der Waals surface area contributed by atoms with E-state index in [1.165, 1.54) is 13.3 Å². The molecule has 9 heteroatoms. The standard InChI is InChI=1S/C24H19N7O2/c1-15-4-3-5-23(27-15)31-21(18-8-11-22-25-14-26-30(22)13-18)12-20(29-31)24(33)28-19-9-6-17(7-10-19)16(2)32/h3-14H,1-2H3,(H,28,33). The lowest BCUT2D eigenvalue weighted by Crippen LogP contribution is -2.13. The lowest BCUT2D eigenvalue weighted by Gasteiger charge is -2.07. The van der Waals surface area contributed by atoms with Crippen molar-refractivity contribution in [2.75, 3.05) is 5.32 Å². The minimum absolute atomic E-state index is 0.0359. The summed E-state index contributed by atoms with van der Waals surface area (Å²) in [4.78, 5) is 33.2. The third kappa shape index (κ3) is 3.99. The third-order valence-corrected chi connectivity index (χ3v) is 5.15. The average Bonchev–Trinajstić information content (AvgIpc) is 3.46. The first-order valence-corrected chi connectivity index (χ1v) is 10.2. The SMILES string of the molecule is CC(=O)c1ccc(NC(=O)c2cc(-c3ccc4ncnn4c3)n(-c3cccc(C)n3)n2)cc1. The van der Waals surface area contributed by atoms with Gasteiger partial charge in [0.15, 0.2) is 22.9 Å². The van der Waals surface area contributed by atoms with Gasteiger partial charge in [-0.05, 0) is 68.4 Å². The molecule has 0 bridgehead atoms. The number of nitrogens with one attached hydrogen (secondary N) is 1. The van der Waals surface area contributed by atoms with E-state index in [-0.39, 0.29) is 17.4 Å². The number of aromatic nitrogens is 6. The number of ketones is 1. The monoisotopic (exact) mass is 437 g/mol. The molecule has 33 heavy (non-hydrogen) atoms. The van der Waals surface area contributed by atoms with Crippen LogP contribution in [-0.2, 0) is 0 Å². The molecule has 5 aromatic rings. The van der Waals surface area contributed by atoms with Crippen LogP contribution in [0.25, 0.3) is 22.7 Å². The molecule has 4 aromatic heterocycles. The zero-order valence-corrected chi connectivity index (χ0v) is 17.9. The molecule has 0 unspecified atom stereocenters. The van der Waals surface area contributed by atoms with E-state index in [1.807, 2.05) is 43.5 Å². The number of rotatable bonds is 5. The predicted octanol–water partition coefficient (Wildman–Crippen LogP) is 3.74. The molecule has 0 aliphatic rings. The van der Waals surface area contributed by atoms with Crippen molar-refractivity contribution in [2.45, 2.75) is 13.8 Å². The highest BCUT2D eigenvalue weighted by Crippen LogP contribution is 2.24. The van der Waals surface area contributed by atoms with Crippen molar-refractivity contribution in [1.29, 1.82) is 0 Å². The van der Waals surface area contributed by atoms with Crippen molar-refractivity contribution in [3.05, 3.63) is 90.1 Å². The van der Waals surface area contributed by atoms with Gasteiger partial charge < -0.3 is 5.32 Å². The van der Waals surface area contributed by atoms with Gasteiger partial charge in [-0.1, -0.05) is 6.07 Å². The highest BCUT2D eigenvalue weighted by Gasteiger charge is 2.18. The van der Waals surface area contributed by atoms with Crippen LogP contribution in [0.5, 0.6) is 0 Å². The largest absolute Gasteiger partial charge is 0.321 e. The maximum Gasteiger partial charge on any atom is 0.276 e. The molecule has 0 spiro atoms. The number of fused-ring (bicyclic) bond motifs is 1. The van der Waals surface area contributed by atoms with Crippen LogP contribution < -0.4 is 5.32 Å². The number of benzene rings is 1. The Kier molecular flexibility index (Phi) is 4.98. The summed E-state index contributed by atoms with van der Waals surface area (Å²) in [5.41, 5.74) is 4.40. The van der Waals surface area contributed by atoms with Gasteiger partial charge in [-0.3, -0.25) is 9.59 Å². The molecule has 1 N–H and O–H groups in total. The smallest absolute Gasteiger partial charge is 0.276 e. The zero-order chi connectivity index (χ0) is 22.9. The Morgan fingerprint density at radius 3 is 2.58 bits per heavy atom. The Balaban J connectivity index is 1.54. The van der Waals surface area contributed by atoms with E-state index in [9.17, 15) is 9.59 Å². The number of hydrogen-bond donors (Lipinski definition) is 1. The van der Waals surface area contributed by atoms with Crippen molar-refractivity contribution in [3.8, 4) is 17.1 Å². The maximum atomic E-state index is 13.0. The number of anilines is 1. The molecule has 0 radical (unpaired) electrons. The Morgan fingerprint density at radius 2 is 1.82 bits per heavy atom. The van der Waals surface area contributed by atoms with Crippen molar-refractivity contribution < 1.29 is 9.59 Å². The van der Waals surface area contributed by atoms with Crippen molar-refractivity contribution in [1.82, 2.24) is 29.4 Å². The minimum Gasteiger partial charge on any atom is -0.321 e. The number of amides is 1. The van der Waals surface area contributed by atoms with Gasteiger partial charge in [-0.25, -0.2) is 19.2 Å². The Labute approximate surface area is 188 Å². The van der Waals surface area contributed by atoms with Crippen LogP contribution in [0.1, 0.15) is 33.5 Å². The molecule has 0 aliphatic carbocycles. The number of nitrogens with zero attached hydrogens (tertiary/aromatic N) is 6. The molecule has 0 saturated carbocycles. The van der Waals surface area contributed by atoms with Crippen molar-refractivity contribution in [2.24, 2.45) is 0 Å². The minimum atomic E-state index is -0.375. The van der Waals surface area contributed by atoms with E-state index in [0.717, 1.165) is 11.3 Å². The fourth-order valence-corrected chi connectivity index (χ4v) is 3.47. The van der Waals surface area contributed by atoms with Gasteiger partial charge in [0, 0.05) is 28.7 Å². The number of pyridine rings is 2.